The molecule has 0 saturated heterocycles. The van der Waals surface area contributed by atoms with Crippen molar-refractivity contribution in [1.82, 2.24) is 95.7 Å². The minimum atomic E-state index is -1.45. The molecule has 0 aliphatic carbocycles. The van der Waals surface area contributed by atoms with Crippen LogP contribution in [-0.2, 0) is 94.3 Å². The van der Waals surface area contributed by atoms with Crippen LogP contribution in [0.4, 0.5) is 0 Å². The largest absolute Gasteiger partial charge is 0.480 e. The fourth-order valence-electron chi connectivity index (χ4n) is 14.8. The number of benzene rings is 2. The first-order valence-corrected chi connectivity index (χ1v) is 49.3. The van der Waals surface area contributed by atoms with Crippen LogP contribution in [0.15, 0.2) is 60.7 Å². The number of hydrogen-bond donors (Lipinski definition) is 30. The summed E-state index contributed by atoms with van der Waals surface area (Å²) in [5.74, 6) is -16.0. The van der Waals surface area contributed by atoms with Gasteiger partial charge in [0.15, 0.2) is 11.9 Å². The molecular weight excluding hydrogens is 1820 g/mol. The Labute approximate surface area is 827 Å². The number of unbranched alkanes of at least 4 members (excludes halogenated alkanes) is 6. The van der Waals surface area contributed by atoms with Gasteiger partial charge in [-0.1, -0.05) is 109 Å². The highest BCUT2D eigenvalue weighted by atomic mass is 16.4. The van der Waals surface area contributed by atoms with Crippen LogP contribution in [0.25, 0.3) is 0 Å². The summed E-state index contributed by atoms with van der Waals surface area (Å²) >= 11 is 0. The minimum Gasteiger partial charge on any atom is -0.480 e. The molecule has 0 spiro atoms. The van der Waals surface area contributed by atoms with Gasteiger partial charge >= 0.3 is 5.97 Å². The molecule has 0 radical (unpaired) electrons. The van der Waals surface area contributed by atoms with Crippen LogP contribution in [0.5, 0.6) is 0 Å². The standard InChI is InChI=1S/C94H165N29O18/c1-9-58(6)77(91(139)119-68(39-20-26-46-99)84(132)115-64(35-16-22-42-95)81(129)109-55-76(125)113-73(52-61-30-12-10-13-31-61)89(137)117-66(37-18-24-44-97)85(133)120-70(92(140)141)40-21-27-47-100)123-79(127)60(8)110-82(130)69(41-29-49-107-94(104)105)114-78(126)59(7)111-87(135)72(51-57(4)5)121-86(134)67(38-19-25-45-98)116-83(131)65(36-17-23-43-96)118-90(138)74(53-62-32-14-11-15-33-62)122-88(136)71(50-56(2)3)112-75(124)54-108-80(128)63(101)34-28-48-106-93(102)103/h10-15,30-33,56-60,63-74,77H,9,16-29,34-55,95-101H2,1-8H3,(H,108,128)(H,109,129)(H,110,130)(H,111,135)(H,112,124)(H,113,125)(H,114,126)(H,115,132)(H,116,131)(H,117,137)(H,118,138)(H,119,139)(H,120,133)(H,121,134)(H,122,136)(H,123,127)(H,140,141)(H4,102,103,106)(H4,104,105,107)/t58-,59-,60-,63-,64-,65-,66-,67-,68-,69-,70-,71-,72-,73-,74-,77-/m0/s1. The Morgan fingerprint density at radius 3 is 0.929 bits per heavy atom. The van der Waals surface area contributed by atoms with Crippen LogP contribution < -0.4 is 147 Å². The Bertz CT molecular complexity index is 4220. The first-order valence-electron chi connectivity index (χ1n) is 49.3. The smallest absolute Gasteiger partial charge is 0.326 e. The molecule has 16 atom stereocenters. The third-order valence-electron chi connectivity index (χ3n) is 23.1. The average molecular weight is 1990 g/mol. The topological polar surface area (TPSA) is 809 Å². The van der Waals surface area contributed by atoms with Crippen LogP contribution >= 0.6 is 0 Å². The lowest BCUT2D eigenvalue weighted by Crippen LogP contribution is -2.61. The van der Waals surface area contributed by atoms with Crippen molar-refractivity contribution in [3.63, 3.8) is 0 Å². The number of nitrogens with one attached hydrogen (secondary N) is 20. The summed E-state index contributed by atoms with van der Waals surface area (Å²) in [6.45, 7) is 13.7. The van der Waals surface area contributed by atoms with Crippen LogP contribution in [0, 0.1) is 28.6 Å². The Kier molecular flexibility index (Phi) is 63.0. The third kappa shape index (κ3) is 52.7. The number of aliphatic carboxylic acids is 1. The van der Waals surface area contributed by atoms with Gasteiger partial charge in [-0.15, -0.1) is 0 Å². The number of carboxylic acids is 1. The van der Waals surface area contributed by atoms with Gasteiger partial charge in [-0.05, 0) is 236 Å². The molecule has 0 aliphatic heterocycles. The molecule has 47 nitrogen and oxygen atoms in total. The van der Waals surface area contributed by atoms with Crippen LogP contribution in [0.3, 0.4) is 0 Å². The number of guanidine groups is 2. The molecule has 2 aromatic carbocycles. The van der Waals surface area contributed by atoms with E-state index in [0.29, 0.717) is 108 Å². The van der Waals surface area contributed by atoms with Gasteiger partial charge in [-0.3, -0.25) is 87.5 Å². The van der Waals surface area contributed by atoms with Crippen molar-refractivity contribution >= 4 is 112 Å². The SMILES string of the molecule is CC[C@H](C)[C@H](NC(=O)[C@H](C)NC(=O)[C@H](CCCNC(=N)N)NC(=O)[C@H](C)NC(=O)[C@H](CC(C)C)NC(=O)[C@H](CCCCN)NC(=O)[C@H](CCCCN)NC(=O)[C@H](Cc1ccccc1)NC(=O)[C@H](CC(C)C)NC(=O)CNC(=O)[C@@H](N)CCCNC(=N)N)C(=O)N[C@@H](CCCCN)C(=O)N[C@@H](CCCCN)C(=O)NCC(=O)N[C@@H](Cc1ccccc1)C(=O)N[C@@H](CCCCN)C(=O)N[C@@H](CCCCN)C(=O)O. The van der Waals surface area contributed by atoms with Gasteiger partial charge < -0.3 is 152 Å². The Morgan fingerprint density at radius 1 is 0.298 bits per heavy atom. The van der Waals surface area contributed by atoms with Crippen molar-refractivity contribution in [2.24, 2.45) is 69.4 Å². The predicted molar refractivity (Wildman–Crippen MR) is 534 cm³/mol. The van der Waals surface area contributed by atoms with Crippen LogP contribution in [-0.4, -0.2) is 274 Å². The molecule has 0 fully saturated rings. The fourth-order valence-corrected chi connectivity index (χ4v) is 14.8. The van der Waals surface area contributed by atoms with E-state index >= 15 is 0 Å². The van der Waals surface area contributed by atoms with Gasteiger partial charge in [0.25, 0.3) is 0 Å². The molecular formula is C94H165N29O18. The maximum atomic E-state index is 14.8. The number of amides is 16. The molecule has 0 heterocycles. The highest BCUT2D eigenvalue weighted by molar-refractivity contribution is 6.01. The van der Waals surface area contributed by atoms with Crippen molar-refractivity contribution in [3.8, 4) is 0 Å². The van der Waals surface area contributed by atoms with Crippen molar-refractivity contribution in [3.05, 3.63) is 71.8 Å². The predicted octanol–water partition coefficient (Wildman–Crippen LogP) is -4.62. The highest BCUT2D eigenvalue weighted by Gasteiger charge is 2.39. The fraction of sp³-hybridized carbons (Fsp3) is 0.670. The van der Waals surface area contributed by atoms with Crippen molar-refractivity contribution < 1.29 is 86.6 Å². The molecule has 794 valence electrons. The van der Waals surface area contributed by atoms with E-state index in [0.717, 1.165) is 0 Å². The molecule has 2 rings (SSSR count). The zero-order valence-electron chi connectivity index (χ0n) is 83.4. The number of carboxylic acid groups (broad SMARTS) is 1. The average Bonchev–Trinajstić information content (AvgIpc) is 0.852. The number of hydrogen-bond acceptors (Lipinski definition) is 26. The molecule has 0 aliphatic rings. The first kappa shape index (κ1) is 125. The quantitative estimate of drug-likeness (QED) is 0.0168. The van der Waals surface area contributed by atoms with E-state index in [1.807, 2.05) is 13.8 Å². The summed E-state index contributed by atoms with van der Waals surface area (Å²) in [5, 5.41) is 72.8. The summed E-state index contributed by atoms with van der Waals surface area (Å²) in [6.07, 6.45) is 5.47. The van der Waals surface area contributed by atoms with Gasteiger partial charge in [-0.25, -0.2) is 4.79 Å². The van der Waals surface area contributed by atoms with Gasteiger partial charge in [0.05, 0.1) is 19.1 Å². The third-order valence-corrected chi connectivity index (χ3v) is 23.1. The van der Waals surface area contributed by atoms with Crippen molar-refractivity contribution in [2.75, 3.05) is 65.4 Å². The zero-order chi connectivity index (χ0) is 105. The van der Waals surface area contributed by atoms with Crippen LogP contribution in [0.1, 0.15) is 227 Å². The summed E-state index contributed by atoms with van der Waals surface area (Å²) in [7, 11) is 0. The summed E-state index contributed by atoms with van der Waals surface area (Å²) < 4.78 is 0. The van der Waals surface area contributed by atoms with E-state index in [4.69, 9.17) is 62.4 Å². The van der Waals surface area contributed by atoms with E-state index in [9.17, 15) is 86.6 Å². The Hall–Kier alpha value is -12.3. The minimum absolute atomic E-state index is 0.000285. The van der Waals surface area contributed by atoms with E-state index in [2.05, 4.69) is 95.7 Å². The van der Waals surface area contributed by atoms with Gasteiger partial charge in [0.1, 0.15) is 84.6 Å². The lowest BCUT2D eigenvalue weighted by Gasteiger charge is -2.29. The molecule has 47 heteroatoms. The van der Waals surface area contributed by atoms with E-state index < -0.39 is 216 Å². The van der Waals surface area contributed by atoms with Crippen LogP contribution in [0.2, 0.25) is 0 Å². The zero-order valence-corrected chi connectivity index (χ0v) is 83.4. The summed E-state index contributed by atoms with van der Waals surface area (Å²) in [6, 6.07) is -2.64. The number of carbonyl (C=O) groups excluding carboxylic acids is 16. The Morgan fingerprint density at radius 2 is 0.567 bits per heavy atom. The first-order chi connectivity index (χ1) is 67.1. The number of rotatable bonds is 75. The van der Waals surface area contributed by atoms with E-state index in [-0.39, 0.29) is 147 Å². The second-order valence-corrected chi connectivity index (χ2v) is 36.3. The molecule has 0 aromatic heterocycles. The monoisotopic (exact) mass is 1990 g/mol. The second kappa shape index (κ2) is 71.2. The molecule has 2 aromatic rings. The van der Waals surface area contributed by atoms with Crippen molar-refractivity contribution in [2.45, 2.75) is 319 Å². The summed E-state index contributed by atoms with van der Waals surface area (Å²) in [4.78, 5) is 240. The molecule has 39 N–H and O–H groups in total. The highest BCUT2D eigenvalue weighted by Crippen LogP contribution is 2.18. The summed E-state index contributed by atoms with van der Waals surface area (Å²) in [5.41, 5.74) is 53.0. The number of nitrogens with two attached hydrogens (primary N) is 9. The molecule has 0 unspecified atom stereocenters. The van der Waals surface area contributed by atoms with E-state index in [1.54, 1.807) is 88.4 Å². The lowest BCUT2D eigenvalue weighted by molar-refractivity contribution is -0.142. The molecule has 0 bridgehead atoms. The van der Waals surface area contributed by atoms with Gasteiger partial charge in [-0.2, -0.15) is 0 Å². The van der Waals surface area contributed by atoms with Gasteiger partial charge in [0, 0.05) is 25.9 Å². The molecule has 141 heavy (non-hydrogen) atoms. The maximum absolute atomic E-state index is 14.8. The normalized spacial score (nSPS) is 14.6. The molecule has 0 saturated carbocycles. The lowest BCUT2D eigenvalue weighted by atomic mass is 9.97. The maximum Gasteiger partial charge on any atom is 0.326 e. The Balaban J connectivity index is 2.46. The van der Waals surface area contributed by atoms with E-state index in [1.165, 1.54) is 13.8 Å². The molecule has 16 amide bonds. The van der Waals surface area contributed by atoms with Crippen molar-refractivity contribution in [1.29, 1.82) is 10.8 Å². The van der Waals surface area contributed by atoms with Gasteiger partial charge in [0.2, 0.25) is 94.5 Å². The second-order valence-electron chi connectivity index (χ2n) is 36.3. The number of carbonyl (C=O) groups is 17.